The van der Waals surface area contributed by atoms with Gasteiger partial charge in [-0.3, -0.25) is 9.88 Å². The molecule has 0 saturated carbocycles. The van der Waals surface area contributed by atoms with Gasteiger partial charge in [-0.15, -0.1) is 0 Å². The molecule has 2 aromatic rings. The van der Waals surface area contributed by atoms with Crippen LogP contribution in [-0.4, -0.2) is 59.3 Å². The molecule has 1 aliphatic rings. The fourth-order valence-corrected chi connectivity index (χ4v) is 3.35. The summed E-state index contributed by atoms with van der Waals surface area (Å²) in [5, 5.41) is 3.05. The number of halogens is 3. The van der Waals surface area contributed by atoms with Crippen LogP contribution in [0.3, 0.4) is 0 Å². The van der Waals surface area contributed by atoms with E-state index in [0.29, 0.717) is 26.3 Å². The van der Waals surface area contributed by atoms with Crippen LogP contribution < -0.4 is 5.32 Å². The van der Waals surface area contributed by atoms with Crippen LogP contribution in [0.25, 0.3) is 0 Å². The van der Waals surface area contributed by atoms with E-state index in [1.54, 1.807) is 18.5 Å². The molecule has 0 atom stereocenters. The van der Waals surface area contributed by atoms with E-state index in [4.69, 9.17) is 17.0 Å². The largest absolute Gasteiger partial charge is 0.418 e. The van der Waals surface area contributed by atoms with Crippen molar-refractivity contribution in [2.24, 2.45) is 0 Å². The third-order valence-electron chi connectivity index (χ3n) is 4.65. The van der Waals surface area contributed by atoms with Crippen LogP contribution >= 0.6 is 12.2 Å². The van der Waals surface area contributed by atoms with Crippen molar-refractivity contribution in [3.8, 4) is 0 Å². The minimum absolute atomic E-state index is 0.0486. The Kier molecular flexibility index (Phi) is 7.40. The molecule has 1 aromatic carbocycles. The van der Waals surface area contributed by atoms with Crippen molar-refractivity contribution in [2.45, 2.75) is 12.7 Å². The average Bonchev–Trinajstić information content (AvgIpc) is 2.72. The highest BCUT2D eigenvalue weighted by molar-refractivity contribution is 7.80. The lowest BCUT2D eigenvalue weighted by molar-refractivity contribution is -0.136. The smallest absolute Gasteiger partial charge is 0.379 e. The summed E-state index contributed by atoms with van der Waals surface area (Å²) in [5.41, 5.74) is 0.146. The second-order valence-electron chi connectivity index (χ2n) is 6.71. The van der Waals surface area contributed by atoms with Crippen LogP contribution in [0.4, 0.5) is 18.9 Å². The number of pyridine rings is 1. The first kappa shape index (κ1) is 21.5. The van der Waals surface area contributed by atoms with E-state index in [2.05, 4.69) is 15.2 Å². The monoisotopic (exact) mass is 424 g/mol. The summed E-state index contributed by atoms with van der Waals surface area (Å²) >= 11 is 5.49. The molecule has 0 spiro atoms. The molecular formula is C20H23F3N4OS. The van der Waals surface area contributed by atoms with Gasteiger partial charge in [0, 0.05) is 45.1 Å². The zero-order valence-electron chi connectivity index (χ0n) is 15.9. The molecule has 156 valence electrons. The number of hydrogen-bond donors (Lipinski definition) is 1. The Labute approximate surface area is 173 Å². The first-order valence-electron chi connectivity index (χ1n) is 9.34. The molecule has 1 aliphatic heterocycles. The van der Waals surface area contributed by atoms with E-state index in [9.17, 15) is 13.2 Å². The first-order chi connectivity index (χ1) is 13.9. The van der Waals surface area contributed by atoms with Crippen LogP contribution in [-0.2, 0) is 17.5 Å². The Hall–Kier alpha value is -2.23. The average molecular weight is 424 g/mol. The molecule has 29 heavy (non-hydrogen) atoms. The number of nitrogens with one attached hydrogen (secondary N) is 1. The van der Waals surface area contributed by atoms with Gasteiger partial charge in [0.05, 0.1) is 24.5 Å². The Morgan fingerprint density at radius 1 is 1.17 bits per heavy atom. The minimum atomic E-state index is -4.46. The maximum absolute atomic E-state index is 13.3. The van der Waals surface area contributed by atoms with E-state index in [1.165, 1.54) is 12.1 Å². The maximum Gasteiger partial charge on any atom is 0.418 e. The second kappa shape index (κ2) is 10.00. The van der Waals surface area contributed by atoms with Crippen molar-refractivity contribution in [1.29, 1.82) is 0 Å². The predicted molar refractivity (Wildman–Crippen MR) is 110 cm³/mol. The molecule has 0 bridgehead atoms. The zero-order valence-corrected chi connectivity index (χ0v) is 16.7. The van der Waals surface area contributed by atoms with E-state index >= 15 is 0 Å². The lowest BCUT2D eigenvalue weighted by atomic mass is 10.1. The van der Waals surface area contributed by atoms with Gasteiger partial charge in [0.1, 0.15) is 0 Å². The number of rotatable bonds is 6. The summed E-state index contributed by atoms with van der Waals surface area (Å²) in [5.74, 6) is 0. The second-order valence-corrected chi connectivity index (χ2v) is 7.10. The van der Waals surface area contributed by atoms with Crippen LogP contribution in [0, 0.1) is 0 Å². The fourth-order valence-electron chi connectivity index (χ4n) is 3.08. The third kappa shape index (κ3) is 6.38. The van der Waals surface area contributed by atoms with E-state index in [1.807, 2.05) is 17.0 Å². The van der Waals surface area contributed by atoms with Gasteiger partial charge in [0.2, 0.25) is 0 Å². The molecule has 2 heterocycles. The minimum Gasteiger partial charge on any atom is -0.379 e. The van der Waals surface area contributed by atoms with Crippen LogP contribution in [0.5, 0.6) is 0 Å². The van der Waals surface area contributed by atoms with Gasteiger partial charge < -0.3 is 15.0 Å². The molecule has 1 saturated heterocycles. The Bertz CT molecular complexity index is 798. The molecule has 1 N–H and O–H groups in total. The lowest BCUT2D eigenvalue weighted by Gasteiger charge is -2.31. The number of morpholine rings is 1. The molecule has 1 aromatic heterocycles. The van der Waals surface area contributed by atoms with Gasteiger partial charge in [-0.25, -0.2) is 0 Å². The molecule has 5 nitrogen and oxygen atoms in total. The van der Waals surface area contributed by atoms with Crippen LogP contribution in [0.2, 0.25) is 0 Å². The van der Waals surface area contributed by atoms with Crippen LogP contribution in [0.1, 0.15) is 11.1 Å². The highest BCUT2D eigenvalue weighted by Crippen LogP contribution is 2.34. The molecule has 0 unspecified atom stereocenters. The normalized spacial score (nSPS) is 15.1. The lowest BCUT2D eigenvalue weighted by Crippen LogP contribution is -2.44. The number of alkyl halides is 3. The SMILES string of the molecule is FC(F)(F)c1ccccc1NC(=S)N(CCN1CCOCC1)Cc1cccnc1. The van der Waals surface area contributed by atoms with E-state index in [0.717, 1.165) is 31.3 Å². The number of aromatic nitrogens is 1. The van der Waals surface area contributed by atoms with Gasteiger partial charge in [0.25, 0.3) is 0 Å². The number of benzene rings is 1. The Morgan fingerprint density at radius 2 is 1.93 bits per heavy atom. The van der Waals surface area contributed by atoms with Crippen molar-refractivity contribution < 1.29 is 17.9 Å². The number of anilines is 1. The fraction of sp³-hybridized carbons (Fsp3) is 0.400. The van der Waals surface area contributed by atoms with Gasteiger partial charge >= 0.3 is 6.18 Å². The third-order valence-corrected chi connectivity index (χ3v) is 5.01. The molecule has 3 rings (SSSR count). The first-order valence-corrected chi connectivity index (χ1v) is 9.75. The summed E-state index contributed by atoms with van der Waals surface area (Å²) in [6, 6.07) is 9.09. The van der Waals surface area contributed by atoms with Crippen molar-refractivity contribution in [2.75, 3.05) is 44.7 Å². The molecule has 1 fully saturated rings. The molecule has 0 aliphatic carbocycles. The van der Waals surface area contributed by atoms with Gasteiger partial charge in [-0.2, -0.15) is 13.2 Å². The van der Waals surface area contributed by atoms with Gasteiger partial charge in [-0.1, -0.05) is 18.2 Å². The number of hydrogen-bond acceptors (Lipinski definition) is 4. The summed E-state index contributed by atoms with van der Waals surface area (Å²) < 4.78 is 45.3. The molecule has 0 amide bonds. The summed E-state index contributed by atoms with van der Waals surface area (Å²) in [6.45, 7) is 4.81. The summed E-state index contributed by atoms with van der Waals surface area (Å²) in [6.07, 6.45) is -1.05. The predicted octanol–water partition coefficient (Wildman–Crippen LogP) is 3.63. The van der Waals surface area contributed by atoms with E-state index < -0.39 is 11.7 Å². The van der Waals surface area contributed by atoms with Crippen molar-refractivity contribution in [1.82, 2.24) is 14.8 Å². The molecule has 9 heteroatoms. The number of ether oxygens (including phenoxy) is 1. The Balaban J connectivity index is 1.73. The van der Waals surface area contributed by atoms with Crippen LogP contribution in [0.15, 0.2) is 48.8 Å². The maximum atomic E-state index is 13.3. The van der Waals surface area contributed by atoms with E-state index in [-0.39, 0.29) is 10.8 Å². The van der Waals surface area contributed by atoms with Crippen molar-refractivity contribution >= 4 is 23.0 Å². The molecule has 0 radical (unpaired) electrons. The number of para-hydroxylation sites is 1. The number of thiocarbonyl (C=S) groups is 1. The van der Waals surface area contributed by atoms with Gasteiger partial charge in [-0.05, 0) is 36.0 Å². The standard InChI is InChI=1S/C20H23F3N4OS/c21-20(22,23)17-5-1-2-6-18(17)25-19(29)27(15-16-4-3-7-24-14-16)9-8-26-10-12-28-13-11-26/h1-7,14H,8-13,15H2,(H,25,29). The summed E-state index contributed by atoms with van der Waals surface area (Å²) in [7, 11) is 0. The summed E-state index contributed by atoms with van der Waals surface area (Å²) in [4.78, 5) is 8.24. The topological polar surface area (TPSA) is 40.6 Å². The number of nitrogens with zero attached hydrogens (tertiary/aromatic N) is 3. The Morgan fingerprint density at radius 3 is 2.62 bits per heavy atom. The van der Waals surface area contributed by atoms with Crippen molar-refractivity contribution in [3.05, 3.63) is 59.9 Å². The molecular weight excluding hydrogens is 401 g/mol. The van der Waals surface area contributed by atoms with Gasteiger partial charge in [0.15, 0.2) is 5.11 Å². The zero-order chi connectivity index (χ0) is 20.7. The van der Waals surface area contributed by atoms with Crippen molar-refractivity contribution in [3.63, 3.8) is 0 Å². The highest BCUT2D eigenvalue weighted by Gasteiger charge is 2.33. The quantitative estimate of drug-likeness (QED) is 0.715. The highest BCUT2D eigenvalue weighted by atomic mass is 32.1.